The summed E-state index contributed by atoms with van der Waals surface area (Å²) in [4.78, 5) is 38.2. The third kappa shape index (κ3) is 6.02. The van der Waals surface area contributed by atoms with Crippen LogP contribution < -0.4 is 10.6 Å². The lowest BCUT2D eigenvalue weighted by Crippen LogP contribution is -2.48. The number of imidazole rings is 1. The van der Waals surface area contributed by atoms with E-state index in [0.717, 1.165) is 43.2 Å². The molecule has 204 valence electrons. The molecule has 0 aliphatic carbocycles. The molecule has 1 fully saturated rings. The van der Waals surface area contributed by atoms with Gasteiger partial charge in [0.2, 0.25) is 5.91 Å². The molecule has 3 aromatic heterocycles. The number of anilines is 2. The molecule has 0 atom stereocenters. The van der Waals surface area contributed by atoms with Crippen molar-refractivity contribution in [3.63, 3.8) is 0 Å². The number of fused-ring (bicyclic) bond motifs is 1. The Morgan fingerprint density at radius 1 is 1.00 bits per heavy atom. The molecule has 4 aromatic rings. The molecule has 39 heavy (non-hydrogen) atoms. The fraction of sp³-hybridized carbons (Fsp3) is 0.407. The molecule has 1 saturated heterocycles. The average molecular weight is 533 g/mol. The third-order valence-electron chi connectivity index (χ3n) is 6.86. The maximum Gasteiger partial charge on any atom is 0.233 e. The second-order valence-electron chi connectivity index (χ2n) is 9.98. The number of hydrogen-bond acceptors (Lipinski definition) is 9. The van der Waals surface area contributed by atoms with Crippen molar-refractivity contribution in [1.82, 2.24) is 44.6 Å². The van der Waals surface area contributed by atoms with Crippen LogP contribution in [-0.2, 0) is 11.3 Å². The molecule has 11 nitrogen and oxygen atoms in total. The van der Waals surface area contributed by atoms with Gasteiger partial charge in [0.25, 0.3) is 0 Å². The van der Waals surface area contributed by atoms with E-state index in [-0.39, 0.29) is 17.8 Å². The Bertz CT molecular complexity index is 1460. The predicted molar refractivity (Wildman–Crippen MR) is 147 cm³/mol. The van der Waals surface area contributed by atoms with E-state index >= 15 is 0 Å². The topological polar surface area (TPSA) is 117 Å². The maximum atomic E-state index is 15.0. The normalized spacial score (nSPS) is 14.7. The highest BCUT2D eigenvalue weighted by molar-refractivity contribution is 5.83. The van der Waals surface area contributed by atoms with Gasteiger partial charge in [0.15, 0.2) is 5.82 Å². The minimum Gasteiger partial charge on any atom is -0.358 e. The van der Waals surface area contributed by atoms with Gasteiger partial charge in [-0.3, -0.25) is 19.6 Å². The van der Waals surface area contributed by atoms with E-state index in [2.05, 4.69) is 45.4 Å². The monoisotopic (exact) mass is 532 g/mol. The van der Waals surface area contributed by atoms with Crippen LogP contribution in [0, 0.1) is 12.7 Å². The Kier molecular flexibility index (Phi) is 7.75. The highest BCUT2D eigenvalue weighted by Crippen LogP contribution is 2.29. The van der Waals surface area contributed by atoms with Gasteiger partial charge in [0.05, 0.1) is 35.8 Å². The lowest BCUT2D eigenvalue weighted by atomic mass is 10.1. The van der Waals surface area contributed by atoms with Gasteiger partial charge in [0.1, 0.15) is 29.3 Å². The van der Waals surface area contributed by atoms with Gasteiger partial charge < -0.3 is 15.2 Å². The zero-order valence-corrected chi connectivity index (χ0v) is 22.6. The lowest BCUT2D eigenvalue weighted by molar-refractivity contribution is -0.122. The maximum absolute atomic E-state index is 15.0. The molecule has 4 heterocycles. The van der Waals surface area contributed by atoms with Gasteiger partial charge in [-0.05, 0) is 32.9 Å². The summed E-state index contributed by atoms with van der Waals surface area (Å²) < 4.78 is 17.0. The number of benzene rings is 1. The van der Waals surface area contributed by atoms with Crippen LogP contribution in [0.3, 0.4) is 0 Å². The smallest absolute Gasteiger partial charge is 0.233 e. The van der Waals surface area contributed by atoms with E-state index in [1.165, 1.54) is 12.4 Å². The molecule has 2 N–H and O–H groups in total. The fourth-order valence-electron chi connectivity index (χ4n) is 4.90. The minimum atomic E-state index is -0.382. The molecule has 1 amide bonds. The number of likely N-dealkylation sites (N-methyl/N-ethyl adjacent to an activating group) is 1. The first-order chi connectivity index (χ1) is 18.8. The van der Waals surface area contributed by atoms with Crippen molar-refractivity contribution in [3.8, 4) is 11.3 Å². The van der Waals surface area contributed by atoms with Gasteiger partial charge in [0, 0.05) is 57.4 Å². The van der Waals surface area contributed by atoms with Crippen LogP contribution in [0.5, 0.6) is 0 Å². The van der Waals surface area contributed by atoms with Crippen LogP contribution in [0.25, 0.3) is 22.3 Å². The Labute approximate surface area is 226 Å². The van der Waals surface area contributed by atoms with Gasteiger partial charge in [-0.1, -0.05) is 0 Å². The largest absolute Gasteiger partial charge is 0.358 e. The molecule has 0 saturated carbocycles. The standard InChI is InChI=1S/C27H33FN10O/c1-17(2)38-18(3)34-27-21(28)9-19(10-23(27)38)22-11-24(33-16-32-22)35-25-13-30-20(12-31-25)14-36-5-7-37(8-6-36)15-26(39)29-4/h9-13,16-17H,5-8,14-15H2,1-4H3,(H,29,39)(H,31,32,33,35). The number of halogens is 1. The van der Waals surface area contributed by atoms with Gasteiger partial charge in [-0.2, -0.15) is 0 Å². The Hall–Kier alpha value is -4.03. The average Bonchev–Trinajstić information content (AvgIpc) is 3.27. The highest BCUT2D eigenvalue weighted by atomic mass is 19.1. The fourth-order valence-corrected chi connectivity index (χ4v) is 4.90. The number of carbonyl (C=O) groups is 1. The molecule has 0 spiro atoms. The van der Waals surface area contributed by atoms with E-state index in [1.807, 2.05) is 31.4 Å². The van der Waals surface area contributed by atoms with Crippen molar-refractivity contribution in [3.05, 3.63) is 54.3 Å². The molecule has 5 rings (SSSR count). The quantitative estimate of drug-likeness (QED) is 0.353. The molecule has 1 aromatic carbocycles. The Balaban J connectivity index is 1.25. The first-order valence-corrected chi connectivity index (χ1v) is 13.0. The summed E-state index contributed by atoms with van der Waals surface area (Å²) in [5.74, 6) is 1.51. The lowest BCUT2D eigenvalue weighted by Gasteiger charge is -2.33. The number of amides is 1. The van der Waals surface area contributed by atoms with Gasteiger partial charge in [-0.15, -0.1) is 0 Å². The van der Waals surface area contributed by atoms with E-state index in [1.54, 1.807) is 25.5 Å². The van der Waals surface area contributed by atoms with Crippen LogP contribution in [0.1, 0.15) is 31.4 Å². The number of carbonyl (C=O) groups excluding carboxylic acids is 1. The van der Waals surface area contributed by atoms with Crippen LogP contribution >= 0.6 is 0 Å². The molecule has 0 radical (unpaired) electrons. The van der Waals surface area contributed by atoms with Crippen LogP contribution in [0.15, 0.2) is 36.9 Å². The summed E-state index contributed by atoms with van der Waals surface area (Å²) >= 11 is 0. The van der Waals surface area contributed by atoms with E-state index in [9.17, 15) is 9.18 Å². The zero-order valence-electron chi connectivity index (χ0n) is 22.6. The molecule has 0 unspecified atom stereocenters. The number of hydrogen-bond donors (Lipinski definition) is 2. The molecule has 0 bridgehead atoms. The molecule has 1 aliphatic heterocycles. The van der Waals surface area contributed by atoms with E-state index < -0.39 is 0 Å². The molecular formula is C27H33FN10O. The van der Waals surface area contributed by atoms with Crippen molar-refractivity contribution >= 4 is 28.6 Å². The summed E-state index contributed by atoms with van der Waals surface area (Å²) in [6.07, 6.45) is 4.87. The number of nitrogens with zero attached hydrogens (tertiary/aromatic N) is 8. The summed E-state index contributed by atoms with van der Waals surface area (Å²) in [7, 11) is 1.66. The van der Waals surface area contributed by atoms with Crippen molar-refractivity contribution in [1.29, 1.82) is 0 Å². The molecular weight excluding hydrogens is 499 g/mol. The van der Waals surface area contributed by atoms with Crippen molar-refractivity contribution in [2.24, 2.45) is 0 Å². The summed E-state index contributed by atoms with van der Waals surface area (Å²) in [6.45, 7) is 10.5. The van der Waals surface area contributed by atoms with Gasteiger partial charge in [-0.25, -0.2) is 24.3 Å². The van der Waals surface area contributed by atoms with E-state index in [0.29, 0.717) is 41.5 Å². The Morgan fingerprint density at radius 3 is 2.46 bits per heavy atom. The van der Waals surface area contributed by atoms with Crippen LogP contribution in [-0.4, -0.2) is 85.0 Å². The van der Waals surface area contributed by atoms with Crippen LogP contribution in [0.4, 0.5) is 16.0 Å². The molecule has 12 heteroatoms. The molecule has 1 aliphatic rings. The first-order valence-electron chi connectivity index (χ1n) is 13.0. The number of piperazine rings is 1. The summed E-state index contributed by atoms with van der Waals surface area (Å²) in [5, 5.41) is 5.83. The second kappa shape index (κ2) is 11.4. The van der Waals surface area contributed by atoms with Crippen molar-refractivity contribution in [2.75, 3.05) is 45.1 Å². The summed E-state index contributed by atoms with van der Waals surface area (Å²) in [6, 6.07) is 5.28. The summed E-state index contributed by atoms with van der Waals surface area (Å²) in [5.41, 5.74) is 3.19. The SMILES string of the molecule is CNC(=O)CN1CCN(Cc2cnc(Nc3cc(-c4cc(F)c5nc(C)n(C(C)C)c5c4)ncn3)cn2)CC1. The number of aromatic nitrogens is 6. The van der Waals surface area contributed by atoms with Crippen molar-refractivity contribution in [2.45, 2.75) is 33.4 Å². The Morgan fingerprint density at radius 2 is 1.77 bits per heavy atom. The van der Waals surface area contributed by atoms with E-state index in [4.69, 9.17) is 0 Å². The first kappa shape index (κ1) is 26.6. The minimum absolute atomic E-state index is 0.0371. The zero-order chi connectivity index (χ0) is 27.5. The van der Waals surface area contributed by atoms with Crippen molar-refractivity contribution < 1.29 is 9.18 Å². The number of aryl methyl sites for hydroxylation is 1. The van der Waals surface area contributed by atoms with Gasteiger partial charge >= 0.3 is 0 Å². The second-order valence-corrected chi connectivity index (χ2v) is 9.98. The van der Waals surface area contributed by atoms with Crippen LogP contribution in [0.2, 0.25) is 0 Å². The number of rotatable bonds is 8. The third-order valence-corrected chi connectivity index (χ3v) is 6.86. The highest BCUT2D eigenvalue weighted by Gasteiger charge is 2.19. The predicted octanol–water partition coefficient (Wildman–Crippen LogP) is 2.92. The number of nitrogens with one attached hydrogen (secondary N) is 2.